The number of carbonyl (C=O) groups excluding carboxylic acids is 1. The number of rotatable bonds is 4. The molecule has 1 aromatic rings. The van der Waals surface area contributed by atoms with Crippen LogP contribution in [0.25, 0.3) is 0 Å². The topological polar surface area (TPSA) is 70.6 Å². The molecule has 0 bridgehead atoms. The van der Waals surface area contributed by atoms with Crippen molar-refractivity contribution in [3.05, 3.63) is 23.8 Å². The summed E-state index contributed by atoms with van der Waals surface area (Å²) in [5.41, 5.74) is 1.72. The Kier molecular flexibility index (Phi) is 5.44. The number of hydrogen-bond donors (Lipinski definition) is 3. The number of carbonyl (C=O) groups is 1. The van der Waals surface area contributed by atoms with Crippen molar-refractivity contribution in [3.63, 3.8) is 0 Å². The van der Waals surface area contributed by atoms with E-state index in [4.69, 9.17) is 4.74 Å². The van der Waals surface area contributed by atoms with E-state index in [1.54, 1.807) is 7.11 Å². The Bertz CT molecular complexity index is 490. The first-order valence-corrected chi connectivity index (χ1v) is 7.46. The van der Waals surface area contributed by atoms with Crippen molar-refractivity contribution >= 4 is 11.7 Å². The van der Waals surface area contributed by atoms with Gasteiger partial charge in [0.1, 0.15) is 5.75 Å². The van der Waals surface area contributed by atoms with Crippen LogP contribution in [0, 0.1) is 12.8 Å². The molecule has 1 fully saturated rings. The fourth-order valence-corrected chi connectivity index (χ4v) is 2.77. The Balaban J connectivity index is 1.85. The van der Waals surface area contributed by atoms with Crippen LogP contribution in [-0.2, 0) is 0 Å². The first-order valence-electron chi connectivity index (χ1n) is 7.46. The van der Waals surface area contributed by atoms with Crippen LogP contribution >= 0.6 is 0 Å². The quantitative estimate of drug-likeness (QED) is 0.799. The lowest BCUT2D eigenvalue weighted by molar-refractivity contribution is 0.101. The highest BCUT2D eigenvalue weighted by Gasteiger charge is 2.20. The summed E-state index contributed by atoms with van der Waals surface area (Å²) in [6.45, 7) is 2.56. The summed E-state index contributed by atoms with van der Waals surface area (Å²) in [5, 5.41) is 15.3. The zero-order chi connectivity index (χ0) is 15.2. The minimum atomic E-state index is -0.237. The molecule has 0 spiro atoms. The monoisotopic (exact) mass is 292 g/mol. The smallest absolute Gasteiger partial charge is 0.319 e. The number of anilines is 1. The number of ether oxygens (including phenoxy) is 1. The van der Waals surface area contributed by atoms with Gasteiger partial charge in [0, 0.05) is 6.54 Å². The molecule has 3 N–H and O–H groups in total. The van der Waals surface area contributed by atoms with Gasteiger partial charge in [0.2, 0.25) is 0 Å². The number of nitrogens with one attached hydrogen (secondary N) is 2. The predicted octanol–water partition coefficient (Wildman–Crippen LogP) is 2.68. The van der Waals surface area contributed by atoms with Gasteiger partial charge in [-0.2, -0.15) is 0 Å². The minimum absolute atomic E-state index is 0.217. The third-order valence-electron chi connectivity index (χ3n) is 3.91. The van der Waals surface area contributed by atoms with Crippen LogP contribution in [-0.4, -0.2) is 30.9 Å². The third kappa shape index (κ3) is 4.63. The maximum Gasteiger partial charge on any atom is 0.319 e. The van der Waals surface area contributed by atoms with Gasteiger partial charge in [0.25, 0.3) is 0 Å². The zero-order valence-corrected chi connectivity index (χ0v) is 12.7. The first kappa shape index (κ1) is 15.6. The molecule has 1 saturated carbocycles. The molecule has 5 heteroatoms. The molecule has 2 amide bonds. The average molecular weight is 292 g/mol. The molecule has 0 heterocycles. The predicted molar refractivity (Wildman–Crippen MR) is 82.7 cm³/mol. The van der Waals surface area contributed by atoms with E-state index >= 15 is 0 Å². The summed E-state index contributed by atoms with van der Waals surface area (Å²) in [6, 6.07) is 5.41. The Morgan fingerprint density at radius 1 is 1.43 bits per heavy atom. The van der Waals surface area contributed by atoms with E-state index in [-0.39, 0.29) is 12.1 Å². The normalized spacial score (nSPS) is 21.7. The van der Waals surface area contributed by atoms with Crippen molar-refractivity contribution < 1.29 is 14.6 Å². The van der Waals surface area contributed by atoms with Gasteiger partial charge >= 0.3 is 6.03 Å². The van der Waals surface area contributed by atoms with Gasteiger partial charge in [-0.3, -0.25) is 0 Å². The van der Waals surface area contributed by atoms with Gasteiger partial charge in [-0.15, -0.1) is 0 Å². The molecule has 1 aliphatic carbocycles. The number of aliphatic hydroxyl groups is 1. The molecule has 1 aromatic carbocycles. The standard InChI is InChI=1S/C16H24N2O3/c1-11-6-7-15(21-2)14(8-11)18-16(20)17-10-12-4-3-5-13(19)9-12/h6-8,12-13,19H,3-5,9-10H2,1-2H3,(H2,17,18,20). The summed E-state index contributed by atoms with van der Waals surface area (Å²) in [5.74, 6) is 1.00. The molecule has 0 saturated heterocycles. The molecule has 2 unspecified atom stereocenters. The average Bonchev–Trinajstić information content (AvgIpc) is 2.45. The number of aryl methyl sites for hydroxylation is 1. The maximum absolute atomic E-state index is 12.0. The largest absolute Gasteiger partial charge is 0.495 e. The lowest BCUT2D eigenvalue weighted by Gasteiger charge is -2.26. The number of amides is 2. The Morgan fingerprint density at radius 3 is 2.95 bits per heavy atom. The first-order chi connectivity index (χ1) is 10.1. The second-order valence-electron chi connectivity index (χ2n) is 5.73. The van der Waals surface area contributed by atoms with E-state index in [9.17, 15) is 9.90 Å². The molecular weight excluding hydrogens is 268 g/mol. The lowest BCUT2D eigenvalue weighted by Crippen LogP contribution is -2.35. The van der Waals surface area contributed by atoms with Crippen molar-refractivity contribution in [1.82, 2.24) is 5.32 Å². The van der Waals surface area contributed by atoms with E-state index in [0.29, 0.717) is 23.9 Å². The summed E-state index contributed by atoms with van der Waals surface area (Å²) < 4.78 is 5.23. The highest BCUT2D eigenvalue weighted by atomic mass is 16.5. The second kappa shape index (κ2) is 7.31. The fourth-order valence-electron chi connectivity index (χ4n) is 2.77. The SMILES string of the molecule is COc1ccc(C)cc1NC(=O)NCC1CCCC(O)C1. The molecule has 2 atom stereocenters. The van der Waals surface area contributed by atoms with Crippen LogP contribution in [0.4, 0.5) is 10.5 Å². The Hall–Kier alpha value is -1.75. The molecule has 0 radical (unpaired) electrons. The van der Waals surface area contributed by atoms with E-state index in [2.05, 4.69) is 10.6 Å². The molecule has 5 nitrogen and oxygen atoms in total. The van der Waals surface area contributed by atoms with E-state index < -0.39 is 0 Å². The summed E-state index contributed by atoms with van der Waals surface area (Å²) >= 11 is 0. The van der Waals surface area contributed by atoms with Crippen LogP contribution in [0.5, 0.6) is 5.75 Å². The zero-order valence-electron chi connectivity index (χ0n) is 12.7. The van der Waals surface area contributed by atoms with E-state index in [0.717, 1.165) is 31.2 Å². The maximum atomic E-state index is 12.0. The number of hydrogen-bond acceptors (Lipinski definition) is 3. The van der Waals surface area contributed by atoms with Crippen molar-refractivity contribution in [2.24, 2.45) is 5.92 Å². The van der Waals surface area contributed by atoms with Gasteiger partial charge in [-0.25, -0.2) is 4.79 Å². The van der Waals surface area contributed by atoms with Gasteiger partial charge in [-0.05, 0) is 49.8 Å². The van der Waals surface area contributed by atoms with E-state index in [1.165, 1.54) is 0 Å². The summed E-state index contributed by atoms with van der Waals surface area (Å²) in [7, 11) is 1.58. The van der Waals surface area contributed by atoms with Crippen LogP contribution in [0.1, 0.15) is 31.2 Å². The van der Waals surface area contributed by atoms with Gasteiger partial charge in [0.05, 0.1) is 18.9 Å². The molecule has 0 aliphatic heterocycles. The van der Waals surface area contributed by atoms with Crippen LogP contribution in [0.2, 0.25) is 0 Å². The summed E-state index contributed by atoms with van der Waals surface area (Å²) in [6.07, 6.45) is 3.52. The van der Waals surface area contributed by atoms with Crippen LogP contribution in [0.3, 0.4) is 0 Å². The molecule has 21 heavy (non-hydrogen) atoms. The number of urea groups is 1. The highest BCUT2D eigenvalue weighted by molar-refractivity contribution is 5.91. The second-order valence-corrected chi connectivity index (χ2v) is 5.73. The lowest BCUT2D eigenvalue weighted by atomic mass is 9.87. The number of aliphatic hydroxyl groups excluding tert-OH is 1. The molecule has 116 valence electrons. The van der Waals surface area contributed by atoms with Gasteiger partial charge < -0.3 is 20.5 Å². The van der Waals surface area contributed by atoms with Gasteiger partial charge in [-0.1, -0.05) is 12.5 Å². The van der Waals surface area contributed by atoms with Crippen LogP contribution in [0.15, 0.2) is 18.2 Å². The van der Waals surface area contributed by atoms with Crippen molar-refractivity contribution in [2.75, 3.05) is 19.0 Å². The fraction of sp³-hybridized carbons (Fsp3) is 0.562. The highest BCUT2D eigenvalue weighted by Crippen LogP contribution is 2.25. The summed E-state index contributed by atoms with van der Waals surface area (Å²) in [4.78, 5) is 12.0. The molecule has 2 rings (SSSR count). The van der Waals surface area contributed by atoms with Crippen molar-refractivity contribution in [1.29, 1.82) is 0 Å². The molecule has 1 aliphatic rings. The van der Waals surface area contributed by atoms with Crippen molar-refractivity contribution in [2.45, 2.75) is 38.7 Å². The minimum Gasteiger partial charge on any atom is -0.495 e. The third-order valence-corrected chi connectivity index (χ3v) is 3.91. The number of benzene rings is 1. The van der Waals surface area contributed by atoms with E-state index in [1.807, 2.05) is 25.1 Å². The Morgan fingerprint density at radius 2 is 2.24 bits per heavy atom. The molecule has 0 aromatic heterocycles. The van der Waals surface area contributed by atoms with Gasteiger partial charge in [0.15, 0.2) is 0 Å². The number of methoxy groups -OCH3 is 1. The van der Waals surface area contributed by atoms with Crippen molar-refractivity contribution in [3.8, 4) is 5.75 Å². The Labute approximate surface area is 125 Å². The molecular formula is C16H24N2O3. The van der Waals surface area contributed by atoms with Crippen LogP contribution < -0.4 is 15.4 Å².